The average molecular weight is 634 g/mol. The smallest absolute Gasteiger partial charge is 0.266 e. The quantitative estimate of drug-likeness (QED) is 0.221. The molecule has 1 amide bonds. The van der Waals surface area contributed by atoms with Gasteiger partial charge in [-0.25, -0.2) is 4.99 Å². The highest BCUT2D eigenvalue weighted by Gasteiger charge is 2.34. The molecule has 1 aliphatic heterocycles. The van der Waals surface area contributed by atoms with Gasteiger partial charge in [0.2, 0.25) is 0 Å². The summed E-state index contributed by atoms with van der Waals surface area (Å²) in [6.07, 6.45) is 1.86. The topological polar surface area (TPSA) is 51.1 Å². The molecule has 0 aliphatic carbocycles. The molecule has 0 radical (unpaired) electrons. The Labute approximate surface area is 246 Å². The van der Waals surface area contributed by atoms with Gasteiger partial charge in [-0.3, -0.25) is 9.69 Å². The van der Waals surface area contributed by atoms with E-state index in [-0.39, 0.29) is 11.8 Å². The molecule has 0 unspecified atom stereocenters. The largest absolute Gasteiger partial charge is 0.490 e. The molecule has 1 saturated heterocycles. The van der Waals surface area contributed by atoms with Crippen LogP contribution in [0, 0.1) is 5.92 Å². The maximum atomic E-state index is 13.4. The van der Waals surface area contributed by atoms with Gasteiger partial charge < -0.3 is 9.47 Å². The summed E-state index contributed by atoms with van der Waals surface area (Å²) in [6.45, 7) is 7.44. The third-order valence-electron chi connectivity index (χ3n) is 5.39. The minimum atomic E-state index is -0.0771. The van der Waals surface area contributed by atoms with Crippen LogP contribution in [0.15, 0.2) is 75.0 Å². The fraction of sp³-hybridized carbons (Fsp3) is 0.241. The van der Waals surface area contributed by atoms with E-state index in [0.29, 0.717) is 51.4 Å². The number of thioether (sulfide) groups is 1. The number of halogens is 3. The van der Waals surface area contributed by atoms with Crippen molar-refractivity contribution in [3.8, 4) is 11.5 Å². The lowest BCUT2D eigenvalue weighted by Gasteiger charge is -2.17. The zero-order valence-corrected chi connectivity index (χ0v) is 25.1. The molecule has 1 fully saturated rings. The van der Waals surface area contributed by atoms with Crippen LogP contribution in [-0.4, -0.2) is 29.1 Å². The molecule has 0 atom stereocenters. The van der Waals surface area contributed by atoms with Gasteiger partial charge in [0.05, 0.1) is 21.7 Å². The SMILES string of the molecule is CCOc1cc(/C=C2\SC(=Nc3ccc(Cl)cc3)N(CC(C)C)C2=O)cc(Br)c1OCc1cccc(Cl)c1. The van der Waals surface area contributed by atoms with E-state index in [9.17, 15) is 4.79 Å². The van der Waals surface area contributed by atoms with Crippen LogP contribution in [0.25, 0.3) is 6.08 Å². The van der Waals surface area contributed by atoms with E-state index in [4.69, 9.17) is 37.7 Å². The monoisotopic (exact) mass is 632 g/mol. The van der Waals surface area contributed by atoms with Crippen molar-refractivity contribution in [1.29, 1.82) is 0 Å². The Kier molecular flexibility index (Phi) is 9.82. The highest BCUT2D eigenvalue weighted by Crippen LogP contribution is 2.40. The molecule has 38 heavy (non-hydrogen) atoms. The lowest BCUT2D eigenvalue weighted by atomic mass is 10.1. The normalized spacial score (nSPS) is 15.7. The van der Waals surface area contributed by atoms with Crippen LogP contribution in [0.1, 0.15) is 31.9 Å². The van der Waals surface area contributed by atoms with Crippen molar-refractivity contribution in [2.24, 2.45) is 10.9 Å². The van der Waals surface area contributed by atoms with Gasteiger partial charge in [-0.05, 0) is 106 Å². The van der Waals surface area contributed by atoms with Crippen molar-refractivity contribution in [2.45, 2.75) is 27.4 Å². The minimum absolute atomic E-state index is 0.0771. The zero-order chi connectivity index (χ0) is 27.2. The van der Waals surface area contributed by atoms with Crippen LogP contribution in [0.4, 0.5) is 5.69 Å². The Morgan fingerprint density at radius 2 is 1.82 bits per heavy atom. The van der Waals surface area contributed by atoms with Crippen LogP contribution in [0.5, 0.6) is 11.5 Å². The molecule has 0 spiro atoms. The number of nitrogens with zero attached hydrogens (tertiary/aromatic N) is 2. The first kappa shape index (κ1) is 28.6. The van der Waals surface area contributed by atoms with Gasteiger partial charge in [-0.2, -0.15) is 0 Å². The fourth-order valence-electron chi connectivity index (χ4n) is 3.75. The highest BCUT2D eigenvalue weighted by molar-refractivity contribution is 9.10. The molecule has 0 bridgehead atoms. The summed E-state index contributed by atoms with van der Waals surface area (Å²) in [5, 5.41) is 1.93. The maximum Gasteiger partial charge on any atom is 0.266 e. The second-order valence-corrected chi connectivity index (χ2v) is 11.7. The number of ether oxygens (including phenoxy) is 2. The van der Waals surface area contributed by atoms with E-state index in [1.165, 1.54) is 11.8 Å². The van der Waals surface area contributed by atoms with E-state index in [1.54, 1.807) is 17.0 Å². The Balaban J connectivity index is 1.63. The van der Waals surface area contributed by atoms with Gasteiger partial charge >= 0.3 is 0 Å². The van der Waals surface area contributed by atoms with E-state index < -0.39 is 0 Å². The van der Waals surface area contributed by atoms with Crippen LogP contribution < -0.4 is 9.47 Å². The predicted molar refractivity (Wildman–Crippen MR) is 162 cm³/mol. The second-order valence-electron chi connectivity index (χ2n) is 8.97. The molecular weight excluding hydrogens is 607 g/mol. The van der Waals surface area contributed by atoms with Gasteiger partial charge in [-0.15, -0.1) is 0 Å². The van der Waals surface area contributed by atoms with Gasteiger partial charge in [0.1, 0.15) is 6.61 Å². The summed E-state index contributed by atoms with van der Waals surface area (Å²) in [6, 6.07) is 18.6. The van der Waals surface area contributed by atoms with Crippen molar-refractivity contribution >= 4 is 73.7 Å². The number of amides is 1. The third kappa shape index (κ3) is 7.35. The number of rotatable bonds is 9. The molecule has 4 rings (SSSR count). The molecule has 3 aromatic carbocycles. The van der Waals surface area contributed by atoms with Crippen molar-refractivity contribution in [2.75, 3.05) is 13.2 Å². The van der Waals surface area contributed by atoms with E-state index >= 15 is 0 Å². The van der Waals surface area contributed by atoms with Gasteiger partial charge in [-0.1, -0.05) is 49.2 Å². The average Bonchev–Trinajstić information content (AvgIpc) is 3.13. The number of hydrogen-bond donors (Lipinski definition) is 0. The van der Waals surface area contributed by atoms with Gasteiger partial charge in [0.15, 0.2) is 16.7 Å². The molecular formula is C29H27BrCl2N2O3S. The number of carbonyl (C=O) groups is 1. The molecule has 3 aromatic rings. The second kappa shape index (κ2) is 13.1. The minimum Gasteiger partial charge on any atom is -0.490 e. The summed E-state index contributed by atoms with van der Waals surface area (Å²) in [4.78, 5) is 20.5. The Hall–Kier alpha value is -2.45. The lowest BCUT2D eigenvalue weighted by Crippen LogP contribution is -2.32. The fourth-order valence-corrected chi connectivity index (χ4v) is 5.67. The van der Waals surface area contributed by atoms with E-state index in [1.807, 2.05) is 61.5 Å². The number of hydrogen-bond acceptors (Lipinski definition) is 5. The van der Waals surface area contributed by atoms with Crippen molar-refractivity contribution in [3.05, 3.63) is 91.2 Å². The summed E-state index contributed by atoms with van der Waals surface area (Å²) in [5.74, 6) is 1.38. The molecule has 1 aliphatic rings. The highest BCUT2D eigenvalue weighted by atomic mass is 79.9. The first-order valence-electron chi connectivity index (χ1n) is 12.1. The van der Waals surface area contributed by atoms with Gasteiger partial charge in [0, 0.05) is 16.6 Å². The third-order valence-corrected chi connectivity index (χ3v) is 7.47. The van der Waals surface area contributed by atoms with E-state index in [0.717, 1.165) is 21.3 Å². The maximum absolute atomic E-state index is 13.4. The van der Waals surface area contributed by atoms with Crippen LogP contribution in [0.2, 0.25) is 10.0 Å². The zero-order valence-electron chi connectivity index (χ0n) is 21.2. The Morgan fingerprint density at radius 1 is 1.05 bits per heavy atom. The standard InChI is InChI=1S/C29H27BrCl2N2O3S/c1-4-36-25-14-20(13-24(30)27(25)37-17-19-6-5-7-22(32)12-19)15-26-28(35)34(16-18(2)3)29(38-26)33-23-10-8-21(31)9-11-23/h5-15,18H,4,16-17H2,1-3H3/b26-15-,33-29?. The molecule has 0 N–H and O–H groups in total. The number of carbonyl (C=O) groups excluding carboxylic acids is 1. The van der Waals surface area contributed by atoms with Crippen molar-refractivity contribution in [1.82, 2.24) is 4.90 Å². The summed E-state index contributed by atoms with van der Waals surface area (Å²) < 4.78 is 12.7. The van der Waals surface area contributed by atoms with Crippen molar-refractivity contribution in [3.63, 3.8) is 0 Å². The molecule has 198 valence electrons. The number of amidine groups is 1. The van der Waals surface area contributed by atoms with Gasteiger partial charge in [0.25, 0.3) is 5.91 Å². The summed E-state index contributed by atoms with van der Waals surface area (Å²) in [5.41, 5.74) is 2.49. The lowest BCUT2D eigenvalue weighted by molar-refractivity contribution is -0.122. The first-order chi connectivity index (χ1) is 18.2. The molecule has 0 aromatic heterocycles. The number of aliphatic imine (C=N–C) groups is 1. The van der Waals surface area contributed by atoms with Crippen LogP contribution in [-0.2, 0) is 11.4 Å². The predicted octanol–water partition coefficient (Wildman–Crippen LogP) is 8.99. The first-order valence-corrected chi connectivity index (χ1v) is 14.5. The summed E-state index contributed by atoms with van der Waals surface area (Å²) in [7, 11) is 0. The van der Waals surface area contributed by atoms with E-state index in [2.05, 4.69) is 29.8 Å². The Morgan fingerprint density at radius 3 is 2.50 bits per heavy atom. The molecule has 9 heteroatoms. The van der Waals surface area contributed by atoms with Crippen molar-refractivity contribution < 1.29 is 14.3 Å². The molecule has 0 saturated carbocycles. The van der Waals surface area contributed by atoms with Crippen LogP contribution >= 0.6 is 50.9 Å². The Bertz CT molecular complexity index is 1380. The molecule has 1 heterocycles. The number of benzene rings is 3. The van der Waals surface area contributed by atoms with Crippen LogP contribution in [0.3, 0.4) is 0 Å². The molecule has 5 nitrogen and oxygen atoms in total. The summed E-state index contributed by atoms with van der Waals surface area (Å²) >= 11 is 17.1.